The highest BCUT2D eigenvalue weighted by atomic mass is 16.5. The van der Waals surface area contributed by atoms with Crippen LogP contribution in [0.3, 0.4) is 0 Å². The molecule has 160 valence electrons. The second-order valence-electron chi connectivity index (χ2n) is 7.29. The van der Waals surface area contributed by atoms with E-state index < -0.39 is 5.91 Å². The number of aryl methyl sites for hydroxylation is 2. The Morgan fingerprint density at radius 3 is 2.39 bits per heavy atom. The average Bonchev–Trinajstić information content (AvgIpc) is 3.26. The van der Waals surface area contributed by atoms with Crippen LogP contribution in [0.5, 0.6) is 5.75 Å². The van der Waals surface area contributed by atoms with E-state index >= 15 is 0 Å². The molecule has 1 atom stereocenters. The number of para-hydroxylation sites is 1. The van der Waals surface area contributed by atoms with Crippen LogP contribution in [0.4, 0.5) is 0 Å². The van der Waals surface area contributed by atoms with Crippen molar-refractivity contribution in [3.8, 4) is 5.75 Å². The Balaban J connectivity index is 1.70. The Labute approximate surface area is 181 Å². The van der Waals surface area contributed by atoms with E-state index in [9.17, 15) is 9.59 Å². The average molecular weight is 418 g/mol. The molecule has 0 unspecified atom stereocenters. The summed E-state index contributed by atoms with van der Waals surface area (Å²) < 4.78 is 11.1. The molecular formula is C25H26N2O4. The van der Waals surface area contributed by atoms with Crippen LogP contribution in [0.1, 0.15) is 34.2 Å². The normalized spacial score (nSPS) is 12.2. The van der Waals surface area contributed by atoms with Crippen molar-refractivity contribution < 1.29 is 18.7 Å². The molecule has 2 aromatic carbocycles. The Morgan fingerprint density at radius 2 is 1.71 bits per heavy atom. The van der Waals surface area contributed by atoms with Crippen LogP contribution in [0, 0.1) is 13.8 Å². The fourth-order valence-corrected chi connectivity index (χ4v) is 2.97. The minimum Gasteiger partial charge on any atom is -0.491 e. The standard InChI is InChI=1S/C25H26N2O4/c1-17-9-4-6-12-21(17)24(28)27-22(15-20-11-8-14-30-20)25(29)26-19(3)16-31-23-13-7-5-10-18(23)2/h4-15,19H,16H2,1-3H3,(H,26,29)(H,27,28)/b22-15-/t19-/m1/s1. The Kier molecular flexibility index (Phi) is 7.27. The molecule has 0 spiro atoms. The Morgan fingerprint density at radius 1 is 1.00 bits per heavy atom. The van der Waals surface area contributed by atoms with Gasteiger partial charge < -0.3 is 19.8 Å². The molecule has 6 heteroatoms. The van der Waals surface area contributed by atoms with Gasteiger partial charge in [-0.25, -0.2) is 0 Å². The molecule has 0 saturated carbocycles. The molecule has 0 fully saturated rings. The summed E-state index contributed by atoms with van der Waals surface area (Å²) >= 11 is 0. The fourth-order valence-electron chi connectivity index (χ4n) is 2.97. The van der Waals surface area contributed by atoms with Crippen molar-refractivity contribution in [3.05, 3.63) is 95.1 Å². The lowest BCUT2D eigenvalue weighted by Crippen LogP contribution is -2.41. The van der Waals surface area contributed by atoms with Crippen LogP contribution in [-0.2, 0) is 4.79 Å². The summed E-state index contributed by atoms with van der Waals surface area (Å²) in [6, 6.07) is 18.0. The van der Waals surface area contributed by atoms with Gasteiger partial charge in [0.2, 0.25) is 0 Å². The highest BCUT2D eigenvalue weighted by molar-refractivity contribution is 6.05. The van der Waals surface area contributed by atoms with Gasteiger partial charge in [0.25, 0.3) is 11.8 Å². The summed E-state index contributed by atoms with van der Waals surface area (Å²) in [4.78, 5) is 25.7. The van der Waals surface area contributed by atoms with Gasteiger partial charge in [0.15, 0.2) is 0 Å². The molecule has 0 aliphatic carbocycles. The third-order valence-electron chi connectivity index (χ3n) is 4.67. The van der Waals surface area contributed by atoms with Gasteiger partial charge in [-0.2, -0.15) is 0 Å². The van der Waals surface area contributed by atoms with Crippen molar-refractivity contribution in [1.29, 1.82) is 0 Å². The maximum Gasteiger partial charge on any atom is 0.268 e. The lowest BCUT2D eigenvalue weighted by atomic mass is 10.1. The first-order valence-corrected chi connectivity index (χ1v) is 10.1. The number of hydrogen-bond donors (Lipinski definition) is 2. The van der Waals surface area contributed by atoms with E-state index in [0.29, 0.717) is 11.3 Å². The van der Waals surface area contributed by atoms with Crippen molar-refractivity contribution in [3.63, 3.8) is 0 Å². The predicted octanol–water partition coefficient (Wildman–Crippen LogP) is 4.25. The lowest BCUT2D eigenvalue weighted by Gasteiger charge is -2.18. The zero-order chi connectivity index (χ0) is 22.2. The number of nitrogens with one attached hydrogen (secondary N) is 2. The first-order valence-electron chi connectivity index (χ1n) is 10.1. The van der Waals surface area contributed by atoms with Crippen molar-refractivity contribution in [1.82, 2.24) is 10.6 Å². The zero-order valence-corrected chi connectivity index (χ0v) is 17.8. The molecule has 0 bridgehead atoms. The van der Waals surface area contributed by atoms with Gasteiger partial charge in [-0.15, -0.1) is 0 Å². The molecule has 6 nitrogen and oxygen atoms in total. The van der Waals surface area contributed by atoms with Crippen LogP contribution in [0.2, 0.25) is 0 Å². The first-order chi connectivity index (χ1) is 14.9. The molecule has 0 aliphatic rings. The molecule has 1 aromatic heterocycles. The number of benzene rings is 2. The number of ether oxygens (including phenoxy) is 1. The minimum atomic E-state index is -0.431. The van der Waals surface area contributed by atoms with Crippen molar-refractivity contribution in [2.45, 2.75) is 26.8 Å². The highest BCUT2D eigenvalue weighted by Crippen LogP contribution is 2.16. The zero-order valence-electron chi connectivity index (χ0n) is 17.8. The molecule has 0 radical (unpaired) electrons. The SMILES string of the molecule is Cc1ccccc1OC[C@@H](C)NC(=O)/C(=C/c1ccco1)NC(=O)c1ccccc1C. The van der Waals surface area contributed by atoms with E-state index in [4.69, 9.17) is 9.15 Å². The van der Waals surface area contributed by atoms with Gasteiger partial charge in [0.1, 0.15) is 23.8 Å². The summed E-state index contributed by atoms with van der Waals surface area (Å²) in [5.41, 5.74) is 2.42. The van der Waals surface area contributed by atoms with E-state index in [-0.39, 0.29) is 24.3 Å². The number of carbonyl (C=O) groups is 2. The van der Waals surface area contributed by atoms with Crippen molar-refractivity contribution in [2.75, 3.05) is 6.61 Å². The van der Waals surface area contributed by atoms with E-state index in [1.807, 2.05) is 57.2 Å². The van der Waals surface area contributed by atoms with Gasteiger partial charge in [0.05, 0.1) is 12.3 Å². The second kappa shape index (κ2) is 10.3. The largest absolute Gasteiger partial charge is 0.491 e. The van der Waals surface area contributed by atoms with E-state index in [1.165, 1.54) is 12.3 Å². The first kappa shape index (κ1) is 21.9. The van der Waals surface area contributed by atoms with Crippen molar-refractivity contribution in [2.24, 2.45) is 0 Å². The molecule has 2 N–H and O–H groups in total. The second-order valence-corrected chi connectivity index (χ2v) is 7.29. The number of hydrogen-bond acceptors (Lipinski definition) is 4. The lowest BCUT2D eigenvalue weighted by molar-refractivity contribution is -0.118. The third kappa shape index (κ3) is 6.09. The van der Waals surface area contributed by atoms with Gasteiger partial charge in [0, 0.05) is 11.6 Å². The third-order valence-corrected chi connectivity index (χ3v) is 4.67. The topological polar surface area (TPSA) is 80.6 Å². The summed E-state index contributed by atoms with van der Waals surface area (Å²) in [5, 5.41) is 5.57. The molecule has 3 rings (SSSR count). The molecule has 1 heterocycles. The van der Waals surface area contributed by atoms with E-state index in [1.54, 1.807) is 24.3 Å². The smallest absolute Gasteiger partial charge is 0.268 e. The van der Waals surface area contributed by atoms with Crippen LogP contribution in [-0.4, -0.2) is 24.5 Å². The predicted molar refractivity (Wildman–Crippen MR) is 120 cm³/mol. The minimum absolute atomic E-state index is 0.0888. The van der Waals surface area contributed by atoms with Crippen LogP contribution >= 0.6 is 0 Å². The Hall–Kier alpha value is -3.80. The highest BCUT2D eigenvalue weighted by Gasteiger charge is 2.18. The molecule has 3 aromatic rings. The summed E-state index contributed by atoms with van der Waals surface area (Å²) in [6.07, 6.45) is 3.00. The number of carbonyl (C=O) groups excluding carboxylic acids is 2. The van der Waals surface area contributed by atoms with Gasteiger partial charge >= 0.3 is 0 Å². The quantitative estimate of drug-likeness (QED) is 0.536. The molecule has 0 saturated heterocycles. The number of amides is 2. The van der Waals surface area contributed by atoms with E-state index in [2.05, 4.69) is 10.6 Å². The fraction of sp³-hybridized carbons (Fsp3) is 0.200. The van der Waals surface area contributed by atoms with Crippen molar-refractivity contribution >= 4 is 17.9 Å². The molecule has 2 amide bonds. The van der Waals surface area contributed by atoms with Gasteiger partial charge in [-0.1, -0.05) is 36.4 Å². The summed E-state index contributed by atoms with van der Waals surface area (Å²) in [5.74, 6) is 0.427. The summed E-state index contributed by atoms with van der Waals surface area (Å²) in [6.45, 7) is 5.93. The molecule has 31 heavy (non-hydrogen) atoms. The van der Waals surface area contributed by atoms with Crippen LogP contribution in [0.15, 0.2) is 77.0 Å². The molecular weight excluding hydrogens is 392 g/mol. The maximum atomic E-state index is 12.9. The van der Waals surface area contributed by atoms with E-state index in [0.717, 1.165) is 16.9 Å². The summed E-state index contributed by atoms with van der Waals surface area (Å²) in [7, 11) is 0. The maximum absolute atomic E-state index is 12.9. The Bertz CT molecular complexity index is 1070. The van der Waals surface area contributed by atoms with Gasteiger partial charge in [-0.05, 0) is 56.2 Å². The van der Waals surface area contributed by atoms with Crippen LogP contribution < -0.4 is 15.4 Å². The number of furan rings is 1. The van der Waals surface area contributed by atoms with Gasteiger partial charge in [-0.3, -0.25) is 9.59 Å². The van der Waals surface area contributed by atoms with Crippen LogP contribution in [0.25, 0.3) is 6.08 Å². The number of rotatable bonds is 8. The monoisotopic (exact) mass is 418 g/mol. The molecule has 0 aliphatic heterocycles.